The summed E-state index contributed by atoms with van der Waals surface area (Å²) < 4.78 is 57.7. The molecule has 1 aliphatic rings. The fraction of sp³-hybridized carbons (Fsp3) is 0.350. The van der Waals surface area contributed by atoms with Crippen molar-refractivity contribution in [3.63, 3.8) is 0 Å². The molecule has 2 aromatic rings. The lowest BCUT2D eigenvalue weighted by atomic mass is 10.2. The van der Waals surface area contributed by atoms with E-state index in [1.165, 1.54) is 48.5 Å². The molecule has 31 heavy (non-hydrogen) atoms. The highest BCUT2D eigenvalue weighted by atomic mass is 35.5. The molecule has 0 atom stereocenters. The van der Waals surface area contributed by atoms with Gasteiger partial charge in [-0.25, -0.2) is 16.8 Å². The van der Waals surface area contributed by atoms with Gasteiger partial charge in [-0.1, -0.05) is 23.7 Å². The van der Waals surface area contributed by atoms with Crippen molar-refractivity contribution in [2.24, 2.45) is 0 Å². The third-order valence-corrected chi connectivity index (χ3v) is 9.43. The van der Waals surface area contributed by atoms with Crippen LogP contribution in [0.25, 0.3) is 0 Å². The van der Waals surface area contributed by atoms with E-state index >= 15 is 0 Å². The maximum atomic E-state index is 13.0. The second-order valence-corrected chi connectivity index (χ2v) is 12.0. The van der Waals surface area contributed by atoms with E-state index in [4.69, 9.17) is 16.3 Å². The molecule has 0 unspecified atom stereocenters. The summed E-state index contributed by atoms with van der Waals surface area (Å²) in [6, 6.07) is 9.99. The van der Waals surface area contributed by atoms with E-state index in [0.717, 1.165) is 0 Å². The van der Waals surface area contributed by atoms with Crippen LogP contribution in [0, 0.1) is 0 Å². The maximum Gasteiger partial charge on any atom is 0.256 e. The highest BCUT2D eigenvalue weighted by Crippen LogP contribution is 2.29. The Morgan fingerprint density at radius 3 is 2.32 bits per heavy atom. The molecule has 3 rings (SSSR count). The van der Waals surface area contributed by atoms with Gasteiger partial charge in [-0.15, -0.1) is 0 Å². The van der Waals surface area contributed by atoms with Gasteiger partial charge in [0.05, 0.1) is 33.9 Å². The topological polar surface area (TPSA) is 110 Å². The van der Waals surface area contributed by atoms with Crippen molar-refractivity contribution in [1.82, 2.24) is 4.31 Å². The predicted octanol–water partition coefficient (Wildman–Crippen LogP) is 2.80. The molecule has 0 spiro atoms. The number of morpholine rings is 1. The molecule has 1 amide bonds. The first kappa shape index (κ1) is 23.7. The number of benzene rings is 2. The minimum atomic E-state index is -3.88. The van der Waals surface area contributed by atoms with Gasteiger partial charge in [0.25, 0.3) is 5.91 Å². The lowest BCUT2D eigenvalue weighted by Crippen LogP contribution is -2.40. The number of carbonyl (C=O) groups excluding carboxylic acids is 1. The number of carbonyl (C=O) groups is 1. The Balaban J connectivity index is 1.93. The summed E-state index contributed by atoms with van der Waals surface area (Å²) in [5.74, 6) is -0.670. The van der Waals surface area contributed by atoms with Gasteiger partial charge >= 0.3 is 0 Å². The average molecular weight is 487 g/mol. The largest absolute Gasteiger partial charge is 0.379 e. The van der Waals surface area contributed by atoms with Crippen LogP contribution in [-0.2, 0) is 24.6 Å². The number of amides is 1. The second-order valence-electron chi connectivity index (χ2n) is 7.21. The van der Waals surface area contributed by atoms with E-state index in [1.54, 1.807) is 12.1 Å². The molecule has 11 heteroatoms. The number of ether oxygens (including phenoxy) is 1. The van der Waals surface area contributed by atoms with Crippen LogP contribution in [0.2, 0.25) is 5.02 Å². The zero-order valence-corrected chi connectivity index (χ0v) is 19.4. The third-order valence-electron chi connectivity index (χ3n) is 4.84. The fourth-order valence-electron chi connectivity index (χ4n) is 3.06. The molecule has 0 radical (unpaired) electrons. The Morgan fingerprint density at radius 1 is 1.03 bits per heavy atom. The van der Waals surface area contributed by atoms with Crippen LogP contribution in [0.15, 0.2) is 52.3 Å². The van der Waals surface area contributed by atoms with Gasteiger partial charge in [-0.05, 0) is 44.2 Å². The fourth-order valence-corrected chi connectivity index (χ4v) is 6.21. The summed E-state index contributed by atoms with van der Waals surface area (Å²) in [4.78, 5) is 12.6. The van der Waals surface area contributed by atoms with Crippen molar-refractivity contribution in [3.8, 4) is 0 Å². The van der Waals surface area contributed by atoms with E-state index in [2.05, 4.69) is 5.32 Å². The van der Waals surface area contributed by atoms with E-state index in [0.29, 0.717) is 0 Å². The van der Waals surface area contributed by atoms with E-state index in [-0.39, 0.29) is 52.4 Å². The Bertz CT molecular complexity index is 1190. The summed E-state index contributed by atoms with van der Waals surface area (Å²) in [5, 5.41) is 1.90. The van der Waals surface area contributed by atoms with Crippen LogP contribution in [0.1, 0.15) is 24.2 Å². The van der Waals surface area contributed by atoms with Gasteiger partial charge in [0.2, 0.25) is 10.0 Å². The van der Waals surface area contributed by atoms with Gasteiger partial charge < -0.3 is 10.1 Å². The first-order valence-corrected chi connectivity index (χ1v) is 12.9. The standard InChI is InChI=1S/C20H23ClN2O6S2/c1-14(2)30(25,26)18-6-4-3-5-16(18)20(24)22-15-7-8-17(21)19(13-15)31(27,28)23-9-11-29-12-10-23/h3-8,13-14H,9-12H2,1-2H3,(H,22,24). The molecular weight excluding hydrogens is 464 g/mol. The number of halogens is 1. The number of nitrogens with one attached hydrogen (secondary N) is 1. The molecule has 1 fully saturated rings. The summed E-state index contributed by atoms with van der Waals surface area (Å²) in [6.45, 7) is 4.05. The van der Waals surface area contributed by atoms with E-state index in [9.17, 15) is 21.6 Å². The summed E-state index contributed by atoms with van der Waals surface area (Å²) in [7, 11) is -7.58. The maximum absolute atomic E-state index is 13.0. The molecule has 0 aromatic heterocycles. The molecule has 0 saturated carbocycles. The molecular formula is C20H23ClN2O6S2. The SMILES string of the molecule is CC(C)S(=O)(=O)c1ccccc1C(=O)Nc1ccc(Cl)c(S(=O)(=O)N2CCOCC2)c1. The highest BCUT2D eigenvalue weighted by molar-refractivity contribution is 7.92. The Morgan fingerprint density at radius 2 is 1.68 bits per heavy atom. The minimum absolute atomic E-state index is 0.0206. The number of nitrogens with zero attached hydrogens (tertiary/aromatic N) is 1. The van der Waals surface area contributed by atoms with Gasteiger partial charge in [0.1, 0.15) is 4.90 Å². The Kier molecular flexibility index (Phi) is 7.07. The molecule has 1 heterocycles. The second kappa shape index (κ2) is 9.25. The predicted molar refractivity (Wildman–Crippen MR) is 118 cm³/mol. The van der Waals surface area contributed by atoms with Crippen LogP contribution in [-0.4, -0.2) is 58.6 Å². The number of sulfonamides is 1. The summed E-state index contributed by atoms with van der Waals surface area (Å²) in [6.07, 6.45) is 0. The number of hydrogen-bond donors (Lipinski definition) is 1. The van der Waals surface area contributed by atoms with Crippen LogP contribution < -0.4 is 5.32 Å². The lowest BCUT2D eigenvalue weighted by Gasteiger charge is -2.26. The molecule has 0 aliphatic carbocycles. The Labute approximate surface area is 187 Å². The molecule has 168 valence electrons. The van der Waals surface area contributed by atoms with Crippen molar-refractivity contribution < 1.29 is 26.4 Å². The van der Waals surface area contributed by atoms with Crippen LogP contribution in [0.5, 0.6) is 0 Å². The zero-order chi connectivity index (χ0) is 22.8. The van der Waals surface area contributed by atoms with Crippen molar-refractivity contribution in [2.75, 3.05) is 31.6 Å². The van der Waals surface area contributed by atoms with Crippen LogP contribution in [0.3, 0.4) is 0 Å². The molecule has 1 N–H and O–H groups in total. The normalized spacial score (nSPS) is 15.7. The number of anilines is 1. The van der Waals surface area contributed by atoms with Crippen LogP contribution >= 0.6 is 11.6 Å². The quantitative estimate of drug-likeness (QED) is 0.672. The van der Waals surface area contributed by atoms with Crippen LogP contribution in [0.4, 0.5) is 5.69 Å². The molecule has 1 saturated heterocycles. The number of hydrogen-bond acceptors (Lipinski definition) is 6. The summed E-state index contributed by atoms with van der Waals surface area (Å²) >= 11 is 6.14. The lowest BCUT2D eigenvalue weighted by molar-refractivity contribution is 0.0730. The third kappa shape index (κ3) is 4.93. The zero-order valence-electron chi connectivity index (χ0n) is 17.0. The number of sulfone groups is 1. The Hall–Kier alpha value is -1.98. The van der Waals surface area contributed by atoms with Gasteiger partial charge in [0, 0.05) is 18.8 Å². The monoisotopic (exact) mass is 486 g/mol. The van der Waals surface area contributed by atoms with E-state index in [1.807, 2.05) is 0 Å². The highest BCUT2D eigenvalue weighted by Gasteiger charge is 2.29. The molecule has 2 aromatic carbocycles. The molecule has 0 bridgehead atoms. The van der Waals surface area contributed by atoms with Crippen molar-refractivity contribution in [3.05, 3.63) is 53.1 Å². The smallest absolute Gasteiger partial charge is 0.256 e. The van der Waals surface area contributed by atoms with Crippen molar-refractivity contribution >= 4 is 43.1 Å². The first-order chi connectivity index (χ1) is 14.5. The first-order valence-electron chi connectivity index (χ1n) is 9.57. The van der Waals surface area contributed by atoms with Gasteiger partial charge in [-0.2, -0.15) is 4.31 Å². The van der Waals surface area contributed by atoms with E-state index < -0.39 is 31.0 Å². The molecule has 8 nitrogen and oxygen atoms in total. The van der Waals surface area contributed by atoms with Crippen molar-refractivity contribution in [2.45, 2.75) is 28.9 Å². The number of rotatable bonds is 6. The summed E-state index contributed by atoms with van der Waals surface area (Å²) in [5.41, 5.74) is 0.154. The van der Waals surface area contributed by atoms with Gasteiger partial charge in [-0.3, -0.25) is 4.79 Å². The average Bonchev–Trinajstić information content (AvgIpc) is 2.75. The van der Waals surface area contributed by atoms with Crippen molar-refractivity contribution in [1.29, 1.82) is 0 Å². The molecule has 1 aliphatic heterocycles. The van der Waals surface area contributed by atoms with Gasteiger partial charge in [0.15, 0.2) is 9.84 Å². The minimum Gasteiger partial charge on any atom is -0.379 e.